The topological polar surface area (TPSA) is 86.7 Å². The van der Waals surface area contributed by atoms with E-state index in [1.807, 2.05) is 0 Å². The highest BCUT2D eigenvalue weighted by Crippen LogP contribution is 2.16. The molecule has 2 N–H and O–H groups in total. The standard InChI is InChI=1S/C13H22N2O4/c1-10(16)15-8-4-5-11(9-15)13(19)14-7-3-2-6-12(17)18/h11H,2-9H2,1H3,(H,14,19)(H,17,18). The minimum atomic E-state index is -0.810. The number of carbonyl (C=O) groups is 3. The van der Waals surface area contributed by atoms with Crippen LogP contribution in [0.15, 0.2) is 0 Å². The molecule has 1 fully saturated rings. The molecule has 0 aliphatic carbocycles. The molecule has 6 heteroatoms. The number of rotatable bonds is 6. The number of unbranched alkanes of at least 4 members (excludes halogenated alkanes) is 1. The van der Waals surface area contributed by atoms with Crippen LogP contribution in [0, 0.1) is 5.92 Å². The lowest BCUT2D eigenvalue weighted by molar-refractivity contribution is -0.137. The summed E-state index contributed by atoms with van der Waals surface area (Å²) in [6.45, 7) is 3.25. The first-order chi connectivity index (χ1) is 9.00. The maximum Gasteiger partial charge on any atom is 0.303 e. The number of piperidine rings is 1. The number of hydrogen-bond donors (Lipinski definition) is 2. The Hall–Kier alpha value is -1.59. The van der Waals surface area contributed by atoms with Gasteiger partial charge in [0.25, 0.3) is 0 Å². The lowest BCUT2D eigenvalue weighted by Crippen LogP contribution is -2.44. The average Bonchev–Trinajstić information content (AvgIpc) is 2.37. The molecule has 1 atom stereocenters. The SMILES string of the molecule is CC(=O)N1CCCC(C(=O)NCCCCC(=O)O)C1. The van der Waals surface area contributed by atoms with Gasteiger partial charge >= 0.3 is 5.97 Å². The largest absolute Gasteiger partial charge is 0.481 e. The van der Waals surface area contributed by atoms with Crippen molar-refractivity contribution in [1.82, 2.24) is 10.2 Å². The zero-order valence-electron chi connectivity index (χ0n) is 11.4. The molecule has 2 amide bonds. The van der Waals surface area contributed by atoms with Crippen molar-refractivity contribution >= 4 is 17.8 Å². The van der Waals surface area contributed by atoms with Gasteiger partial charge in [-0.15, -0.1) is 0 Å². The maximum atomic E-state index is 11.9. The van der Waals surface area contributed by atoms with Gasteiger partial charge in [0.15, 0.2) is 0 Å². The molecule has 0 radical (unpaired) electrons. The van der Waals surface area contributed by atoms with Crippen LogP contribution in [0.3, 0.4) is 0 Å². The van der Waals surface area contributed by atoms with E-state index in [2.05, 4.69) is 5.32 Å². The molecule has 0 bridgehead atoms. The van der Waals surface area contributed by atoms with Crippen LogP contribution in [0.4, 0.5) is 0 Å². The van der Waals surface area contributed by atoms with E-state index in [-0.39, 0.29) is 24.2 Å². The highest BCUT2D eigenvalue weighted by Gasteiger charge is 2.26. The van der Waals surface area contributed by atoms with Gasteiger partial charge in [0, 0.05) is 33.0 Å². The molecule has 1 saturated heterocycles. The van der Waals surface area contributed by atoms with Crippen LogP contribution < -0.4 is 5.32 Å². The number of nitrogens with one attached hydrogen (secondary N) is 1. The van der Waals surface area contributed by atoms with Crippen LogP contribution in [0.1, 0.15) is 39.0 Å². The smallest absolute Gasteiger partial charge is 0.303 e. The predicted octanol–water partition coefficient (Wildman–Crippen LogP) is 0.616. The van der Waals surface area contributed by atoms with Crippen LogP contribution >= 0.6 is 0 Å². The third-order valence-corrected chi connectivity index (χ3v) is 3.35. The summed E-state index contributed by atoms with van der Waals surface area (Å²) < 4.78 is 0. The second-order valence-electron chi connectivity index (χ2n) is 4.95. The molecule has 0 spiro atoms. The van der Waals surface area contributed by atoms with E-state index in [0.29, 0.717) is 25.9 Å². The number of amides is 2. The number of likely N-dealkylation sites (tertiary alicyclic amines) is 1. The predicted molar refractivity (Wildman–Crippen MR) is 69.5 cm³/mol. The summed E-state index contributed by atoms with van der Waals surface area (Å²) in [5.41, 5.74) is 0. The molecule has 1 aliphatic heterocycles. The van der Waals surface area contributed by atoms with Crippen molar-refractivity contribution in [2.24, 2.45) is 5.92 Å². The van der Waals surface area contributed by atoms with Gasteiger partial charge in [0.2, 0.25) is 11.8 Å². The summed E-state index contributed by atoms with van der Waals surface area (Å²) in [7, 11) is 0. The number of hydrogen-bond acceptors (Lipinski definition) is 3. The molecule has 108 valence electrons. The van der Waals surface area contributed by atoms with E-state index < -0.39 is 5.97 Å². The van der Waals surface area contributed by atoms with Crippen molar-refractivity contribution in [1.29, 1.82) is 0 Å². The zero-order chi connectivity index (χ0) is 14.3. The summed E-state index contributed by atoms with van der Waals surface area (Å²) in [5, 5.41) is 11.3. The van der Waals surface area contributed by atoms with Crippen molar-refractivity contribution in [3.63, 3.8) is 0 Å². The molecular weight excluding hydrogens is 248 g/mol. The normalized spacial score (nSPS) is 19.0. The molecule has 0 aromatic carbocycles. The van der Waals surface area contributed by atoms with E-state index >= 15 is 0 Å². The van der Waals surface area contributed by atoms with Crippen molar-refractivity contribution in [3.8, 4) is 0 Å². The number of nitrogens with zero attached hydrogens (tertiary/aromatic N) is 1. The maximum absolute atomic E-state index is 11.9. The fourth-order valence-electron chi connectivity index (χ4n) is 2.23. The number of carboxylic acids is 1. The second kappa shape index (κ2) is 7.76. The van der Waals surface area contributed by atoms with Gasteiger partial charge in [-0.3, -0.25) is 14.4 Å². The number of aliphatic carboxylic acids is 1. The molecule has 0 saturated carbocycles. The van der Waals surface area contributed by atoms with Crippen LogP contribution in [0.2, 0.25) is 0 Å². The van der Waals surface area contributed by atoms with E-state index in [9.17, 15) is 14.4 Å². The van der Waals surface area contributed by atoms with Crippen LogP contribution in [-0.2, 0) is 14.4 Å². The van der Waals surface area contributed by atoms with E-state index in [0.717, 1.165) is 19.4 Å². The van der Waals surface area contributed by atoms with Crippen LogP contribution in [0.5, 0.6) is 0 Å². The third kappa shape index (κ3) is 5.72. The van der Waals surface area contributed by atoms with Gasteiger partial charge in [0.1, 0.15) is 0 Å². The summed E-state index contributed by atoms with van der Waals surface area (Å²) in [6.07, 6.45) is 3.04. The molecule has 1 heterocycles. The Bertz CT molecular complexity index is 344. The van der Waals surface area contributed by atoms with Crippen LogP contribution in [0.25, 0.3) is 0 Å². The molecule has 0 aromatic rings. The minimum absolute atomic E-state index is 0.0129. The zero-order valence-corrected chi connectivity index (χ0v) is 11.4. The highest BCUT2D eigenvalue weighted by atomic mass is 16.4. The Morgan fingerprint density at radius 2 is 2.05 bits per heavy atom. The quantitative estimate of drug-likeness (QED) is 0.693. The summed E-state index contributed by atoms with van der Waals surface area (Å²) in [6, 6.07) is 0. The van der Waals surface area contributed by atoms with Gasteiger partial charge in [-0.05, 0) is 25.7 Å². The lowest BCUT2D eigenvalue weighted by atomic mass is 9.97. The molecule has 0 aromatic heterocycles. The molecule has 1 aliphatic rings. The van der Waals surface area contributed by atoms with Crippen molar-refractivity contribution in [2.75, 3.05) is 19.6 Å². The first-order valence-electron chi connectivity index (χ1n) is 6.75. The molecule has 19 heavy (non-hydrogen) atoms. The van der Waals surface area contributed by atoms with E-state index in [1.54, 1.807) is 4.90 Å². The van der Waals surface area contributed by atoms with Gasteiger partial charge in [-0.1, -0.05) is 0 Å². The Balaban J connectivity index is 2.21. The summed E-state index contributed by atoms with van der Waals surface area (Å²) in [4.78, 5) is 35.2. The fraction of sp³-hybridized carbons (Fsp3) is 0.769. The van der Waals surface area contributed by atoms with Crippen LogP contribution in [-0.4, -0.2) is 47.4 Å². The van der Waals surface area contributed by atoms with Gasteiger partial charge < -0.3 is 15.3 Å². The average molecular weight is 270 g/mol. The third-order valence-electron chi connectivity index (χ3n) is 3.35. The second-order valence-corrected chi connectivity index (χ2v) is 4.95. The van der Waals surface area contributed by atoms with Crippen molar-refractivity contribution < 1.29 is 19.5 Å². The fourth-order valence-corrected chi connectivity index (χ4v) is 2.23. The van der Waals surface area contributed by atoms with Gasteiger partial charge in [0.05, 0.1) is 5.92 Å². The van der Waals surface area contributed by atoms with E-state index in [4.69, 9.17) is 5.11 Å². The van der Waals surface area contributed by atoms with Crippen molar-refractivity contribution in [2.45, 2.75) is 39.0 Å². The Labute approximate surface area is 113 Å². The Morgan fingerprint density at radius 3 is 2.68 bits per heavy atom. The first kappa shape index (κ1) is 15.5. The molecule has 1 rings (SSSR count). The first-order valence-corrected chi connectivity index (χ1v) is 6.75. The number of carbonyl (C=O) groups excluding carboxylic acids is 2. The molecule has 6 nitrogen and oxygen atoms in total. The molecular formula is C13H22N2O4. The number of carboxylic acid groups (broad SMARTS) is 1. The van der Waals surface area contributed by atoms with Gasteiger partial charge in [-0.2, -0.15) is 0 Å². The minimum Gasteiger partial charge on any atom is -0.481 e. The Kier molecular flexibility index (Phi) is 6.32. The Morgan fingerprint density at radius 1 is 1.32 bits per heavy atom. The highest BCUT2D eigenvalue weighted by molar-refractivity contribution is 5.80. The molecule has 1 unspecified atom stereocenters. The van der Waals surface area contributed by atoms with Crippen molar-refractivity contribution in [3.05, 3.63) is 0 Å². The summed E-state index contributed by atoms with van der Waals surface area (Å²) in [5.74, 6) is -0.951. The van der Waals surface area contributed by atoms with E-state index in [1.165, 1.54) is 6.92 Å². The monoisotopic (exact) mass is 270 g/mol. The van der Waals surface area contributed by atoms with Gasteiger partial charge in [-0.25, -0.2) is 0 Å². The summed E-state index contributed by atoms with van der Waals surface area (Å²) >= 11 is 0. The lowest BCUT2D eigenvalue weighted by Gasteiger charge is -2.31.